The average molecular weight is 288 g/mol. The van der Waals surface area contributed by atoms with Crippen molar-refractivity contribution in [3.63, 3.8) is 0 Å². The van der Waals surface area contributed by atoms with Gasteiger partial charge in [-0.3, -0.25) is 4.68 Å². The number of nitrogens with zero attached hydrogens (tertiary/aromatic N) is 4. The number of rotatable bonds is 4. The smallest absolute Gasteiger partial charge is 0.206 e. The highest BCUT2D eigenvalue weighted by molar-refractivity contribution is 9.11. The first-order valence-corrected chi connectivity index (χ1v) is 6.06. The van der Waals surface area contributed by atoms with Crippen LogP contribution in [0.3, 0.4) is 0 Å². The van der Waals surface area contributed by atoms with Crippen LogP contribution < -0.4 is 5.32 Å². The Morgan fingerprint density at radius 3 is 3.00 bits per heavy atom. The summed E-state index contributed by atoms with van der Waals surface area (Å²) in [5.41, 5.74) is 1.20. The Balaban J connectivity index is 1.83. The first-order chi connectivity index (χ1) is 7.25. The zero-order chi connectivity index (χ0) is 10.7. The van der Waals surface area contributed by atoms with E-state index in [1.807, 2.05) is 17.8 Å². The molecule has 0 saturated carbocycles. The fourth-order valence-corrected chi connectivity index (χ4v) is 2.26. The van der Waals surface area contributed by atoms with Gasteiger partial charge in [0, 0.05) is 31.9 Å². The zero-order valence-corrected chi connectivity index (χ0v) is 10.5. The van der Waals surface area contributed by atoms with E-state index in [1.165, 1.54) is 17.0 Å². The van der Waals surface area contributed by atoms with Crippen LogP contribution in [0.25, 0.3) is 0 Å². The topological polar surface area (TPSA) is 55.6 Å². The quantitative estimate of drug-likeness (QED) is 0.930. The molecule has 7 heteroatoms. The summed E-state index contributed by atoms with van der Waals surface area (Å²) in [6.07, 6.45) is 2.73. The van der Waals surface area contributed by atoms with Gasteiger partial charge in [0.25, 0.3) is 0 Å². The number of aryl methyl sites for hydroxylation is 1. The molecule has 0 fully saturated rings. The summed E-state index contributed by atoms with van der Waals surface area (Å²) in [4.78, 5) is 0. The molecule has 0 saturated heterocycles. The van der Waals surface area contributed by atoms with Crippen molar-refractivity contribution in [3.05, 3.63) is 21.9 Å². The van der Waals surface area contributed by atoms with E-state index in [9.17, 15) is 0 Å². The number of halogens is 1. The molecule has 0 radical (unpaired) electrons. The van der Waals surface area contributed by atoms with Crippen LogP contribution in [0.5, 0.6) is 0 Å². The standard InChI is InChI=1S/C8H10BrN5S/c1-14-6(3-5-11-14)2-4-10-8-13-12-7(9)15-8/h3,5H,2,4H2,1H3,(H,10,13). The summed E-state index contributed by atoms with van der Waals surface area (Å²) in [5, 5.41) is 15.9. The molecule has 0 aromatic carbocycles. The highest BCUT2D eigenvalue weighted by atomic mass is 79.9. The summed E-state index contributed by atoms with van der Waals surface area (Å²) < 4.78 is 2.67. The van der Waals surface area contributed by atoms with Crippen LogP contribution in [-0.2, 0) is 13.5 Å². The van der Waals surface area contributed by atoms with Gasteiger partial charge in [0.1, 0.15) is 0 Å². The number of aromatic nitrogens is 4. The molecule has 0 spiro atoms. The maximum Gasteiger partial charge on any atom is 0.206 e. The highest BCUT2D eigenvalue weighted by Crippen LogP contribution is 2.19. The lowest BCUT2D eigenvalue weighted by Gasteiger charge is -2.02. The Bertz CT molecular complexity index is 438. The van der Waals surface area contributed by atoms with Gasteiger partial charge in [-0.25, -0.2) is 0 Å². The Morgan fingerprint density at radius 2 is 2.40 bits per heavy atom. The molecule has 0 unspecified atom stereocenters. The third-order valence-electron chi connectivity index (χ3n) is 1.98. The van der Waals surface area contributed by atoms with Crippen molar-refractivity contribution < 1.29 is 0 Å². The number of anilines is 1. The SMILES string of the molecule is Cn1nccc1CCNc1nnc(Br)s1. The first-order valence-electron chi connectivity index (χ1n) is 4.45. The average Bonchev–Trinajstić information content (AvgIpc) is 2.77. The third-order valence-corrected chi connectivity index (χ3v) is 3.29. The second-order valence-corrected chi connectivity index (χ2v) is 5.24. The van der Waals surface area contributed by atoms with E-state index in [0.717, 1.165) is 22.0 Å². The van der Waals surface area contributed by atoms with Gasteiger partial charge in [-0.2, -0.15) is 5.10 Å². The lowest BCUT2D eigenvalue weighted by molar-refractivity contribution is 0.711. The van der Waals surface area contributed by atoms with Crippen molar-refractivity contribution in [2.24, 2.45) is 7.05 Å². The molecule has 80 valence electrons. The van der Waals surface area contributed by atoms with Crippen LogP contribution in [0.4, 0.5) is 5.13 Å². The Kier molecular flexibility index (Phi) is 3.32. The van der Waals surface area contributed by atoms with E-state index in [4.69, 9.17) is 0 Å². The minimum Gasteiger partial charge on any atom is -0.360 e. The van der Waals surface area contributed by atoms with Crippen LogP contribution in [0, 0.1) is 0 Å². The molecule has 1 N–H and O–H groups in total. The summed E-state index contributed by atoms with van der Waals surface area (Å²) >= 11 is 4.76. The van der Waals surface area contributed by atoms with Crippen molar-refractivity contribution >= 4 is 32.4 Å². The maximum atomic E-state index is 4.10. The van der Waals surface area contributed by atoms with Crippen molar-refractivity contribution in [1.82, 2.24) is 20.0 Å². The van der Waals surface area contributed by atoms with Crippen LogP contribution in [0.1, 0.15) is 5.69 Å². The summed E-state index contributed by atoms with van der Waals surface area (Å²) in [5.74, 6) is 0. The molecule has 0 aliphatic rings. The third kappa shape index (κ3) is 2.75. The van der Waals surface area contributed by atoms with Gasteiger partial charge in [0.15, 0.2) is 3.92 Å². The predicted molar refractivity (Wildman–Crippen MR) is 63.0 cm³/mol. The Hall–Kier alpha value is -0.950. The van der Waals surface area contributed by atoms with E-state index in [0.29, 0.717) is 0 Å². The number of hydrogen-bond donors (Lipinski definition) is 1. The van der Waals surface area contributed by atoms with Gasteiger partial charge >= 0.3 is 0 Å². The first kappa shape index (κ1) is 10.6. The predicted octanol–water partition coefficient (Wildman–Crippen LogP) is 1.69. The zero-order valence-electron chi connectivity index (χ0n) is 8.14. The fraction of sp³-hybridized carbons (Fsp3) is 0.375. The summed E-state index contributed by atoms with van der Waals surface area (Å²) in [6, 6.07) is 2.01. The normalized spacial score (nSPS) is 10.5. The van der Waals surface area contributed by atoms with E-state index in [-0.39, 0.29) is 0 Å². The minimum atomic E-state index is 0.797. The Labute approximate surface area is 99.7 Å². The minimum absolute atomic E-state index is 0.797. The molecule has 0 aliphatic carbocycles. The second-order valence-electron chi connectivity index (χ2n) is 2.98. The molecule has 0 aliphatic heterocycles. The molecule has 0 atom stereocenters. The molecule has 15 heavy (non-hydrogen) atoms. The van der Waals surface area contributed by atoms with Gasteiger partial charge in [-0.1, -0.05) is 11.3 Å². The van der Waals surface area contributed by atoms with Crippen molar-refractivity contribution in [1.29, 1.82) is 0 Å². The molecule has 0 amide bonds. The van der Waals surface area contributed by atoms with Crippen molar-refractivity contribution in [2.75, 3.05) is 11.9 Å². The van der Waals surface area contributed by atoms with Gasteiger partial charge in [0.05, 0.1) is 0 Å². The lowest BCUT2D eigenvalue weighted by Crippen LogP contribution is -2.08. The molecule has 2 heterocycles. The fourth-order valence-electron chi connectivity index (χ4n) is 1.22. The van der Waals surface area contributed by atoms with Crippen LogP contribution in [0.2, 0.25) is 0 Å². The van der Waals surface area contributed by atoms with Crippen LogP contribution in [0.15, 0.2) is 16.2 Å². The molecule has 2 aromatic heterocycles. The van der Waals surface area contributed by atoms with Gasteiger partial charge in [0.2, 0.25) is 5.13 Å². The molecule has 2 aromatic rings. The summed E-state index contributed by atoms with van der Waals surface area (Å²) in [7, 11) is 1.94. The molecular formula is C8H10BrN5S. The largest absolute Gasteiger partial charge is 0.360 e. The van der Waals surface area contributed by atoms with E-state index in [1.54, 1.807) is 6.20 Å². The number of hydrogen-bond acceptors (Lipinski definition) is 5. The second kappa shape index (κ2) is 4.71. The molecule has 2 rings (SSSR count). The monoisotopic (exact) mass is 287 g/mol. The van der Waals surface area contributed by atoms with Crippen LogP contribution in [-0.4, -0.2) is 26.5 Å². The molecule has 5 nitrogen and oxygen atoms in total. The van der Waals surface area contributed by atoms with Gasteiger partial charge in [-0.15, -0.1) is 10.2 Å². The van der Waals surface area contributed by atoms with Crippen molar-refractivity contribution in [2.45, 2.75) is 6.42 Å². The van der Waals surface area contributed by atoms with E-state index < -0.39 is 0 Å². The summed E-state index contributed by atoms with van der Waals surface area (Å²) in [6.45, 7) is 0.834. The number of nitrogens with one attached hydrogen (secondary N) is 1. The van der Waals surface area contributed by atoms with E-state index in [2.05, 4.69) is 36.5 Å². The van der Waals surface area contributed by atoms with Crippen LogP contribution >= 0.6 is 27.3 Å². The lowest BCUT2D eigenvalue weighted by atomic mass is 10.3. The Morgan fingerprint density at radius 1 is 1.53 bits per heavy atom. The van der Waals surface area contributed by atoms with Gasteiger partial charge < -0.3 is 5.32 Å². The molecular weight excluding hydrogens is 278 g/mol. The van der Waals surface area contributed by atoms with Gasteiger partial charge in [-0.05, 0) is 22.0 Å². The highest BCUT2D eigenvalue weighted by Gasteiger charge is 2.01. The maximum absolute atomic E-state index is 4.10. The van der Waals surface area contributed by atoms with E-state index >= 15 is 0 Å². The molecule has 0 bridgehead atoms. The van der Waals surface area contributed by atoms with Crippen molar-refractivity contribution in [3.8, 4) is 0 Å².